The zero-order valence-corrected chi connectivity index (χ0v) is 21.6. The first-order chi connectivity index (χ1) is 15.7. The molecule has 1 aromatic heterocycles. The lowest BCUT2D eigenvalue weighted by atomic mass is 9.63. The van der Waals surface area contributed by atoms with Crippen LogP contribution in [0.25, 0.3) is 11.3 Å². The number of carbonyl (C=O) groups excluding carboxylic acids is 1. The number of hydrogen-bond donors (Lipinski definition) is 0. The third kappa shape index (κ3) is 5.27. The van der Waals surface area contributed by atoms with Crippen molar-refractivity contribution in [2.24, 2.45) is 0 Å². The Morgan fingerprint density at radius 2 is 1.79 bits per heavy atom. The van der Waals surface area contributed by atoms with E-state index in [2.05, 4.69) is 51.3 Å². The number of fused-ring (bicyclic) bond motifs is 1. The van der Waals surface area contributed by atoms with Crippen molar-refractivity contribution in [2.75, 3.05) is 33.4 Å². The summed E-state index contributed by atoms with van der Waals surface area (Å²) in [4.78, 5) is 19.1. The van der Waals surface area contributed by atoms with Gasteiger partial charge in [0.15, 0.2) is 0 Å². The third-order valence-electron chi connectivity index (χ3n) is 7.49. The van der Waals surface area contributed by atoms with Gasteiger partial charge in [-0.25, -0.2) is 9.78 Å². The standard InChI is InChI=1S/C27H38N2O3S/c1-26(2)11-12-27(3,4)22-17-20(7-8-21(22)26)23-18-33-24(28-23)19-9-13-29(14-10-19)25(30)32-16-6-15-31-5/h7-8,17-19H,6,9-16H2,1-5H3. The zero-order valence-electron chi connectivity index (χ0n) is 20.8. The fourth-order valence-electron chi connectivity index (χ4n) is 5.12. The second kappa shape index (κ2) is 9.75. The minimum atomic E-state index is -0.205. The second-order valence-corrected chi connectivity index (χ2v) is 11.7. The van der Waals surface area contributed by atoms with E-state index in [4.69, 9.17) is 14.5 Å². The lowest BCUT2D eigenvalue weighted by molar-refractivity contribution is 0.0828. The Morgan fingerprint density at radius 3 is 2.48 bits per heavy atom. The van der Waals surface area contributed by atoms with Gasteiger partial charge in [-0.2, -0.15) is 0 Å². The van der Waals surface area contributed by atoms with Gasteiger partial charge in [-0.3, -0.25) is 0 Å². The molecule has 0 radical (unpaired) electrons. The van der Waals surface area contributed by atoms with Crippen molar-refractivity contribution in [1.29, 1.82) is 0 Å². The number of ether oxygens (including phenoxy) is 2. The molecule has 1 aliphatic heterocycles. The lowest BCUT2D eigenvalue weighted by Crippen LogP contribution is -2.38. The van der Waals surface area contributed by atoms with Gasteiger partial charge < -0.3 is 14.4 Å². The minimum absolute atomic E-state index is 0.199. The molecule has 1 aromatic carbocycles. The Kier molecular flexibility index (Phi) is 7.15. The maximum atomic E-state index is 12.3. The summed E-state index contributed by atoms with van der Waals surface area (Å²) in [5, 5.41) is 3.39. The van der Waals surface area contributed by atoms with Crippen LogP contribution in [0.15, 0.2) is 23.6 Å². The van der Waals surface area contributed by atoms with Gasteiger partial charge in [0.05, 0.1) is 17.3 Å². The number of methoxy groups -OCH3 is 1. The summed E-state index contributed by atoms with van der Waals surface area (Å²) in [5.74, 6) is 0.411. The van der Waals surface area contributed by atoms with Crippen molar-refractivity contribution in [1.82, 2.24) is 9.88 Å². The van der Waals surface area contributed by atoms with Crippen LogP contribution in [-0.2, 0) is 20.3 Å². The van der Waals surface area contributed by atoms with E-state index >= 15 is 0 Å². The van der Waals surface area contributed by atoms with Crippen molar-refractivity contribution < 1.29 is 14.3 Å². The van der Waals surface area contributed by atoms with Crippen LogP contribution in [0.5, 0.6) is 0 Å². The highest BCUT2D eigenvalue weighted by Crippen LogP contribution is 2.47. The molecule has 5 nitrogen and oxygen atoms in total. The SMILES string of the molecule is COCCCOC(=O)N1CCC(c2nc(-c3ccc4c(c3)C(C)(C)CCC4(C)C)cs2)CC1. The number of rotatable bonds is 6. The van der Waals surface area contributed by atoms with E-state index in [-0.39, 0.29) is 16.9 Å². The van der Waals surface area contributed by atoms with Crippen LogP contribution in [0.4, 0.5) is 4.79 Å². The smallest absolute Gasteiger partial charge is 0.409 e. The van der Waals surface area contributed by atoms with Crippen LogP contribution in [0, 0.1) is 0 Å². The molecular formula is C27H38N2O3S. The van der Waals surface area contributed by atoms with E-state index in [0.29, 0.717) is 19.1 Å². The molecule has 0 N–H and O–H groups in total. The zero-order chi connectivity index (χ0) is 23.6. The summed E-state index contributed by atoms with van der Waals surface area (Å²) < 4.78 is 10.4. The van der Waals surface area contributed by atoms with Crippen LogP contribution in [0.1, 0.15) is 81.9 Å². The largest absolute Gasteiger partial charge is 0.449 e. The van der Waals surface area contributed by atoms with Gasteiger partial charge in [0, 0.05) is 50.1 Å². The maximum Gasteiger partial charge on any atom is 0.409 e. The molecular weight excluding hydrogens is 432 g/mol. The average molecular weight is 471 g/mol. The van der Waals surface area contributed by atoms with E-state index in [0.717, 1.165) is 38.0 Å². The first-order valence-corrected chi connectivity index (χ1v) is 13.1. The summed E-state index contributed by atoms with van der Waals surface area (Å²) >= 11 is 1.76. The summed E-state index contributed by atoms with van der Waals surface area (Å²) in [5.41, 5.74) is 5.69. The normalized spacial score (nSPS) is 19.8. The molecule has 4 rings (SSSR count). The maximum absolute atomic E-state index is 12.3. The predicted octanol–water partition coefficient (Wildman–Crippen LogP) is 6.51. The Bertz CT molecular complexity index is 973. The van der Waals surface area contributed by atoms with Crippen LogP contribution in [-0.4, -0.2) is 49.4 Å². The number of hydrogen-bond acceptors (Lipinski definition) is 5. The highest BCUT2D eigenvalue weighted by molar-refractivity contribution is 7.10. The molecule has 33 heavy (non-hydrogen) atoms. The molecule has 1 aliphatic carbocycles. The first-order valence-electron chi connectivity index (χ1n) is 12.2. The summed E-state index contributed by atoms with van der Waals surface area (Å²) in [6.45, 7) is 11.9. The van der Waals surface area contributed by atoms with Gasteiger partial charge in [0.2, 0.25) is 0 Å². The fraction of sp³-hybridized carbons (Fsp3) is 0.630. The molecule has 180 valence electrons. The van der Waals surface area contributed by atoms with Crippen molar-refractivity contribution in [3.8, 4) is 11.3 Å². The fourth-order valence-corrected chi connectivity index (χ4v) is 6.12. The van der Waals surface area contributed by atoms with E-state index in [1.807, 2.05) is 4.90 Å². The molecule has 2 aliphatic rings. The molecule has 0 saturated carbocycles. The highest BCUT2D eigenvalue weighted by atomic mass is 32.1. The molecule has 1 saturated heterocycles. The predicted molar refractivity (Wildman–Crippen MR) is 134 cm³/mol. The van der Waals surface area contributed by atoms with E-state index < -0.39 is 0 Å². The van der Waals surface area contributed by atoms with Crippen molar-refractivity contribution in [3.63, 3.8) is 0 Å². The molecule has 2 aromatic rings. The molecule has 0 spiro atoms. The number of benzene rings is 1. The van der Waals surface area contributed by atoms with Gasteiger partial charge in [-0.1, -0.05) is 39.8 Å². The number of aromatic nitrogens is 1. The van der Waals surface area contributed by atoms with E-state index in [9.17, 15) is 4.79 Å². The van der Waals surface area contributed by atoms with Gasteiger partial charge in [-0.05, 0) is 53.7 Å². The number of nitrogens with zero attached hydrogens (tertiary/aromatic N) is 2. The monoisotopic (exact) mass is 470 g/mol. The van der Waals surface area contributed by atoms with E-state index in [1.165, 1.54) is 34.5 Å². The molecule has 1 amide bonds. The van der Waals surface area contributed by atoms with Crippen molar-refractivity contribution in [3.05, 3.63) is 39.7 Å². The summed E-state index contributed by atoms with van der Waals surface area (Å²) in [7, 11) is 1.66. The average Bonchev–Trinajstić information content (AvgIpc) is 3.30. The van der Waals surface area contributed by atoms with Crippen molar-refractivity contribution >= 4 is 17.4 Å². The van der Waals surface area contributed by atoms with E-state index in [1.54, 1.807) is 18.4 Å². The molecule has 0 atom stereocenters. The molecule has 0 bridgehead atoms. The van der Waals surface area contributed by atoms with Crippen LogP contribution in [0.3, 0.4) is 0 Å². The number of piperidine rings is 1. The number of thiazole rings is 1. The first kappa shape index (κ1) is 24.2. The Hall–Kier alpha value is -1.92. The number of carbonyl (C=O) groups is 1. The number of likely N-dealkylation sites (tertiary alicyclic amines) is 1. The minimum Gasteiger partial charge on any atom is -0.449 e. The van der Waals surface area contributed by atoms with Crippen LogP contribution < -0.4 is 0 Å². The topological polar surface area (TPSA) is 51.7 Å². The van der Waals surface area contributed by atoms with Crippen molar-refractivity contribution in [2.45, 2.75) is 76.5 Å². The Balaban J connectivity index is 1.41. The van der Waals surface area contributed by atoms with Crippen LogP contribution in [0.2, 0.25) is 0 Å². The molecule has 1 fully saturated rings. The van der Waals surface area contributed by atoms with Gasteiger partial charge >= 0.3 is 6.09 Å². The quantitative estimate of drug-likeness (QED) is 0.452. The van der Waals surface area contributed by atoms with Crippen LogP contribution >= 0.6 is 11.3 Å². The van der Waals surface area contributed by atoms with Gasteiger partial charge in [-0.15, -0.1) is 11.3 Å². The summed E-state index contributed by atoms with van der Waals surface area (Å²) in [6.07, 6.45) is 4.84. The molecule has 6 heteroatoms. The second-order valence-electron chi connectivity index (χ2n) is 10.8. The molecule has 2 heterocycles. The highest BCUT2D eigenvalue weighted by Gasteiger charge is 2.37. The third-order valence-corrected chi connectivity index (χ3v) is 8.50. The molecule has 0 unspecified atom stereocenters. The Labute approximate surface area is 202 Å². The Morgan fingerprint density at radius 1 is 1.09 bits per heavy atom. The number of amides is 1. The summed E-state index contributed by atoms with van der Waals surface area (Å²) in [6, 6.07) is 6.97. The van der Waals surface area contributed by atoms with Gasteiger partial charge in [0.25, 0.3) is 0 Å². The van der Waals surface area contributed by atoms with Gasteiger partial charge in [0.1, 0.15) is 0 Å². The lowest BCUT2D eigenvalue weighted by Gasteiger charge is -2.42.